The van der Waals surface area contributed by atoms with Gasteiger partial charge in [0.15, 0.2) is 0 Å². The van der Waals surface area contributed by atoms with Gasteiger partial charge in [-0.2, -0.15) is 0 Å². The molecule has 0 unspecified atom stereocenters. The molecule has 0 fully saturated rings. The van der Waals surface area contributed by atoms with E-state index < -0.39 is 0 Å². The highest BCUT2D eigenvalue weighted by atomic mass is 16.3. The Balaban J connectivity index is 0.00000249. The molecular weight excluding hydrogens is 765 g/mol. The summed E-state index contributed by atoms with van der Waals surface area (Å²) in [6.45, 7) is 9.43. The molecule has 0 amide bonds. The van der Waals surface area contributed by atoms with E-state index in [1.807, 2.05) is 6.07 Å². The number of hydrogen-bond acceptors (Lipinski definition) is 3. The highest BCUT2D eigenvalue weighted by Crippen LogP contribution is 2.53. The fourth-order valence-corrected chi connectivity index (χ4v) is 10.6. The van der Waals surface area contributed by atoms with Gasteiger partial charge in [0, 0.05) is 58.6 Å². The predicted molar refractivity (Wildman–Crippen MR) is 268 cm³/mol. The molecule has 0 atom stereocenters. The summed E-state index contributed by atoms with van der Waals surface area (Å²) < 4.78 is 6.34. The van der Waals surface area contributed by atoms with E-state index in [2.05, 4.69) is 238 Å². The molecule has 9 aromatic carbocycles. The molecule has 1 aromatic heterocycles. The van der Waals surface area contributed by atoms with Gasteiger partial charge in [0.2, 0.25) is 0 Å². The Bertz CT molecular complexity index is 3260. The van der Waals surface area contributed by atoms with Gasteiger partial charge in [-0.1, -0.05) is 149 Å². The maximum Gasteiger partial charge on any atom is 0.135 e. The lowest BCUT2D eigenvalue weighted by molar-refractivity contribution is 0.660. The minimum absolute atomic E-state index is 0. The Morgan fingerprint density at radius 3 is 1.33 bits per heavy atom. The van der Waals surface area contributed by atoms with Crippen LogP contribution in [0.15, 0.2) is 211 Å². The van der Waals surface area contributed by atoms with Crippen molar-refractivity contribution in [1.29, 1.82) is 0 Å². The molecule has 2 aliphatic rings. The van der Waals surface area contributed by atoms with Crippen molar-refractivity contribution in [2.24, 2.45) is 0 Å². The number of nitrogens with zero attached hydrogens (tertiary/aromatic N) is 2. The first kappa shape index (κ1) is 37.2. The topological polar surface area (TPSA) is 19.6 Å². The van der Waals surface area contributed by atoms with Gasteiger partial charge in [0.25, 0.3) is 0 Å². The summed E-state index contributed by atoms with van der Waals surface area (Å²) in [5.74, 6) is 0. The molecule has 0 N–H and O–H groups in total. The van der Waals surface area contributed by atoms with Crippen LogP contribution in [0.3, 0.4) is 0 Å². The van der Waals surface area contributed by atoms with Crippen molar-refractivity contribution >= 4 is 56.1 Å². The smallest absolute Gasteiger partial charge is 0.135 e. The van der Waals surface area contributed by atoms with Crippen LogP contribution in [0.2, 0.25) is 0 Å². The molecule has 0 spiro atoms. The Morgan fingerprint density at radius 2 is 0.778 bits per heavy atom. The number of anilines is 6. The van der Waals surface area contributed by atoms with Crippen LogP contribution in [0.25, 0.3) is 55.3 Å². The molecule has 3 nitrogen and oxygen atoms in total. The summed E-state index contributed by atoms with van der Waals surface area (Å²) in [6.07, 6.45) is 0. The molecule has 0 saturated heterocycles. The molecular formula is C60H50N2O. The quantitative estimate of drug-likeness (QED) is 0.160. The Hall–Kier alpha value is -7.62. The summed E-state index contributed by atoms with van der Waals surface area (Å²) in [7, 11) is 0. The minimum Gasteiger partial charge on any atom is -0.456 e. The van der Waals surface area contributed by atoms with Crippen LogP contribution in [0.5, 0.6) is 0 Å². The summed E-state index contributed by atoms with van der Waals surface area (Å²) in [5, 5.41) is 2.22. The molecule has 0 radical (unpaired) electrons. The third kappa shape index (κ3) is 5.80. The Kier molecular flexibility index (Phi) is 8.23. The zero-order valence-corrected chi connectivity index (χ0v) is 35.9. The van der Waals surface area contributed by atoms with E-state index in [0.717, 1.165) is 67.2 Å². The van der Waals surface area contributed by atoms with E-state index in [0.29, 0.717) is 0 Å². The second-order valence-corrected chi connectivity index (χ2v) is 18.2. The summed E-state index contributed by atoms with van der Waals surface area (Å²) in [4.78, 5) is 4.87. The molecule has 0 bridgehead atoms. The Morgan fingerprint density at radius 1 is 0.317 bits per heavy atom. The van der Waals surface area contributed by atoms with Crippen molar-refractivity contribution in [3.8, 4) is 33.4 Å². The highest BCUT2D eigenvalue weighted by Gasteiger charge is 2.37. The van der Waals surface area contributed by atoms with Gasteiger partial charge in [-0.15, -0.1) is 0 Å². The van der Waals surface area contributed by atoms with Crippen molar-refractivity contribution in [1.82, 2.24) is 0 Å². The number of fused-ring (bicyclic) bond motifs is 9. The number of benzene rings is 9. The SMILES string of the molecule is CC1(C)c2ccccc2-c2ccc(N(c3ccccc3)c3cc(-c4ccc5oc6ccccc6c5c4)cc(N(c4ccccc4)c4ccc5c(c4)C(C)(C)c4ccccc4-5)c3)cc21.[HH].[HH]. The molecule has 1 heterocycles. The van der Waals surface area contributed by atoms with Gasteiger partial charge >= 0.3 is 0 Å². The van der Waals surface area contributed by atoms with Gasteiger partial charge in [-0.3, -0.25) is 0 Å². The Labute approximate surface area is 372 Å². The molecule has 10 aromatic rings. The summed E-state index contributed by atoms with van der Waals surface area (Å²) in [6, 6.07) is 75.6. The molecule has 0 aliphatic heterocycles. The maximum absolute atomic E-state index is 6.34. The zero-order valence-electron chi connectivity index (χ0n) is 35.9. The molecule has 63 heavy (non-hydrogen) atoms. The normalized spacial score (nSPS) is 14.0. The fourth-order valence-electron chi connectivity index (χ4n) is 10.6. The average molecular weight is 815 g/mol. The average Bonchev–Trinajstić information content (AvgIpc) is 3.89. The summed E-state index contributed by atoms with van der Waals surface area (Å²) >= 11 is 0. The van der Waals surface area contributed by atoms with Crippen molar-refractivity contribution in [2.75, 3.05) is 9.80 Å². The van der Waals surface area contributed by atoms with E-state index in [4.69, 9.17) is 4.42 Å². The van der Waals surface area contributed by atoms with Crippen LogP contribution in [0.1, 0.15) is 52.8 Å². The maximum atomic E-state index is 6.34. The second-order valence-electron chi connectivity index (χ2n) is 18.2. The highest BCUT2D eigenvalue weighted by molar-refractivity contribution is 6.06. The number of para-hydroxylation sites is 3. The predicted octanol–water partition coefficient (Wildman–Crippen LogP) is 17.3. The van der Waals surface area contributed by atoms with E-state index in [-0.39, 0.29) is 13.7 Å². The first-order valence-electron chi connectivity index (χ1n) is 22.0. The lowest BCUT2D eigenvalue weighted by atomic mass is 9.82. The van der Waals surface area contributed by atoms with Crippen molar-refractivity contribution in [3.63, 3.8) is 0 Å². The van der Waals surface area contributed by atoms with Gasteiger partial charge in [-0.05, 0) is 141 Å². The number of hydrogen-bond donors (Lipinski definition) is 0. The van der Waals surface area contributed by atoms with Crippen molar-refractivity contribution in [2.45, 2.75) is 38.5 Å². The molecule has 3 heteroatoms. The lowest BCUT2D eigenvalue weighted by Crippen LogP contribution is -2.17. The van der Waals surface area contributed by atoms with Crippen LogP contribution in [0.4, 0.5) is 34.1 Å². The van der Waals surface area contributed by atoms with Gasteiger partial charge in [0.05, 0.1) is 0 Å². The standard InChI is InChI=1S/C60H46N2O.2H2/c1-59(2)53-24-14-11-21-47(53)49-30-28-43(37-55(49)59)61(41-17-7-5-8-18-41)45-33-40(39-27-32-58-52(35-39)51-23-13-16-26-57(51)63-58)34-46(36-45)62(42-19-9-6-10-20-42)44-29-31-50-48-22-12-15-25-54(48)60(3,4)56(50)38-44;;/h5-38H,1-4H3;2*1H. The van der Waals surface area contributed by atoms with E-state index in [1.54, 1.807) is 0 Å². The lowest BCUT2D eigenvalue weighted by Gasteiger charge is -2.32. The van der Waals surface area contributed by atoms with Crippen LogP contribution in [-0.2, 0) is 10.8 Å². The molecule has 0 saturated carbocycles. The fraction of sp³-hybridized carbons (Fsp3) is 0.100. The number of furan rings is 1. The van der Waals surface area contributed by atoms with Crippen LogP contribution < -0.4 is 9.80 Å². The van der Waals surface area contributed by atoms with Gasteiger partial charge in [-0.25, -0.2) is 0 Å². The van der Waals surface area contributed by atoms with Crippen LogP contribution in [-0.4, -0.2) is 0 Å². The third-order valence-corrected chi connectivity index (χ3v) is 13.8. The van der Waals surface area contributed by atoms with Crippen molar-refractivity contribution < 1.29 is 7.27 Å². The largest absolute Gasteiger partial charge is 0.456 e. The van der Waals surface area contributed by atoms with E-state index in [9.17, 15) is 0 Å². The van der Waals surface area contributed by atoms with Crippen LogP contribution >= 0.6 is 0 Å². The molecule has 2 aliphatic carbocycles. The second kappa shape index (κ2) is 14.0. The van der Waals surface area contributed by atoms with E-state index in [1.165, 1.54) is 44.5 Å². The molecule has 306 valence electrons. The van der Waals surface area contributed by atoms with Gasteiger partial charge in [0.1, 0.15) is 11.2 Å². The van der Waals surface area contributed by atoms with Crippen molar-refractivity contribution in [3.05, 3.63) is 229 Å². The monoisotopic (exact) mass is 814 g/mol. The minimum atomic E-state index is -0.148. The number of rotatable bonds is 7. The summed E-state index contributed by atoms with van der Waals surface area (Å²) in [5.41, 5.74) is 20.9. The van der Waals surface area contributed by atoms with E-state index >= 15 is 0 Å². The first-order chi connectivity index (χ1) is 30.7. The molecule has 12 rings (SSSR count). The third-order valence-electron chi connectivity index (χ3n) is 13.8. The zero-order chi connectivity index (χ0) is 42.5. The van der Waals surface area contributed by atoms with Crippen LogP contribution in [0, 0.1) is 0 Å². The first-order valence-corrected chi connectivity index (χ1v) is 22.0. The van der Waals surface area contributed by atoms with Gasteiger partial charge < -0.3 is 14.2 Å².